The first-order valence-corrected chi connectivity index (χ1v) is 22.3. The summed E-state index contributed by atoms with van der Waals surface area (Å²) in [5.74, 6) is 0.470. The van der Waals surface area contributed by atoms with Gasteiger partial charge >= 0.3 is 17.8 Å². The number of urea groups is 1. The van der Waals surface area contributed by atoms with Crippen LogP contribution in [0.3, 0.4) is 0 Å². The summed E-state index contributed by atoms with van der Waals surface area (Å²) < 4.78 is 5.25. The Morgan fingerprint density at radius 1 is 0.875 bits per heavy atom. The number of carbonyl (C=O) groups is 3. The molecular weight excluding hydrogens is 809 g/mol. The van der Waals surface area contributed by atoms with E-state index in [9.17, 15) is 14.4 Å². The number of carbonyl (C=O) groups excluding carboxylic acids is 3. The van der Waals surface area contributed by atoms with Crippen molar-refractivity contribution >= 4 is 45.9 Å². The Kier molecular flexibility index (Phi) is 11.6. The van der Waals surface area contributed by atoms with E-state index in [1.54, 1.807) is 11.2 Å². The van der Waals surface area contributed by atoms with Crippen LogP contribution >= 0.6 is 0 Å². The van der Waals surface area contributed by atoms with Gasteiger partial charge in [-0.15, -0.1) is 0 Å². The van der Waals surface area contributed by atoms with Crippen molar-refractivity contribution in [2.24, 2.45) is 5.92 Å². The number of nitrogens with one attached hydrogen (secondary N) is 3. The van der Waals surface area contributed by atoms with Gasteiger partial charge in [-0.2, -0.15) is 4.98 Å². The van der Waals surface area contributed by atoms with Gasteiger partial charge < -0.3 is 24.6 Å². The number of piperidine rings is 1. The maximum atomic E-state index is 12.9. The van der Waals surface area contributed by atoms with Gasteiger partial charge in [0.2, 0.25) is 5.91 Å². The predicted molar refractivity (Wildman–Crippen MR) is 246 cm³/mol. The highest BCUT2D eigenvalue weighted by Gasteiger charge is 2.29. The number of aromatic nitrogens is 6. The topological polar surface area (TPSA) is 182 Å². The van der Waals surface area contributed by atoms with Crippen molar-refractivity contribution in [1.29, 1.82) is 0 Å². The first-order chi connectivity index (χ1) is 30.8. The average Bonchev–Trinajstić information content (AvgIpc) is 3.97. The maximum Gasteiger partial charge on any atom is 0.328 e. The van der Waals surface area contributed by atoms with E-state index in [-0.39, 0.29) is 29.3 Å². The van der Waals surface area contributed by atoms with Crippen molar-refractivity contribution in [2.45, 2.75) is 72.3 Å². The molecule has 9 rings (SSSR count). The van der Waals surface area contributed by atoms with Gasteiger partial charge in [0.15, 0.2) is 5.82 Å². The second-order valence-electron chi connectivity index (χ2n) is 18.5. The smallest absolute Gasteiger partial charge is 0.328 e. The maximum absolute atomic E-state index is 12.9. The summed E-state index contributed by atoms with van der Waals surface area (Å²) in [7, 11) is 0. The summed E-state index contributed by atoms with van der Waals surface area (Å²) >= 11 is 0. The molecule has 0 saturated carbocycles. The zero-order valence-corrected chi connectivity index (χ0v) is 37.4. The fraction of sp³-hybridized carbons (Fsp3) is 0.417. The zero-order valence-electron chi connectivity index (χ0n) is 37.4. The molecule has 16 heteroatoms. The van der Waals surface area contributed by atoms with Crippen LogP contribution in [0.1, 0.15) is 86.2 Å². The zero-order chi connectivity index (χ0) is 44.7. The molecule has 64 heavy (non-hydrogen) atoms. The Labute approximate surface area is 372 Å². The van der Waals surface area contributed by atoms with Crippen LogP contribution in [0.4, 0.5) is 21.9 Å². The molecule has 4 amide bonds. The van der Waals surface area contributed by atoms with Crippen LogP contribution in [0.2, 0.25) is 0 Å². The van der Waals surface area contributed by atoms with Crippen LogP contribution in [0, 0.1) is 19.8 Å². The van der Waals surface area contributed by atoms with Crippen LogP contribution in [-0.4, -0.2) is 105 Å². The third kappa shape index (κ3) is 8.91. The molecule has 0 spiro atoms. The van der Waals surface area contributed by atoms with Crippen molar-refractivity contribution in [3.63, 3.8) is 0 Å². The lowest BCUT2D eigenvalue weighted by atomic mass is 9.95. The van der Waals surface area contributed by atoms with E-state index in [1.807, 2.05) is 65.9 Å². The number of hydrogen-bond donors (Lipinski definition) is 3. The molecule has 0 radical (unpaired) electrons. The Balaban J connectivity index is 0.771. The number of anilines is 3. The van der Waals surface area contributed by atoms with Crippen molar-refractivity contribution < 1.29 is 18.9 Å². The van der Waals surface area contributed by atoms with E-state index < -0.39 is 5.91 Å². The molecule has 16 nitrogen and oxygen atoms in total. The number of aromatic amines is 1. The largest absolute Gasteiger partial charge is 0.372 e. The second kappa shape index (κ2) is 17.5. The molecule has 3 aliphatic rings. The number of H-pyrrole nitrogens is 1. The summed E-state index contributed by atoms with van der Waals surface area (Å²) in [5, 5.41) is 10.3. The molecule has 0 bridgehead atoms. The molecule has 3 aliphatic heterocycles. The fourth-order valence-corrected chi connectivity index (χ4v) is 9.17. The minimum absolute atomic E-state index is 0.0505. The molecule has 3 N–H and O–H groups in total. The quantitative estimate of drug-likeness (QED) is 0.129. The molecule has 7 heterocycles. The number of hydrogen-bond acceptors (Lipinski definition) is 12. The SMILES string of the molecule is Cc1cc(-c2ncnc3[nH]c(-c4ccc(N5CCN(CC6CCN(c7ccc(N8CCC(=O)NC8=O)c(C)c7)CC6)CC5)cn4)cc23)ccc1[C@@H](C)NC(=O)c1nc(C(C)(C)C)no1. The summed E-state index contributed by atoms with van der Waals surface area (Å²) in [5.41, 5.74) is 10.1. The number of benzene rings is 2. The Bertz CT molecular complexity index is 2690. The van der Waals surface area contributed by atoms with Gasteiger partial charge in [-0.1, -0.05) is 38.1 Å². The fourth-order valence-electron chi connectivity index (χ4n) is 9.17. The number of rotatable bonds is 10. The molecular formula is C48H56N12O4. The first-order valence-electron chi connectivity index (χ1n) is 22.3. The van der Waals surface area contributed by atoms with Crippen LogP contribution < -0.4 is 25.3 Å². The van der Waals surface area contributed by atoms with Gasteiger partial charge in [-0.05, 0) is 98.7 Å². The summed E-state index contributed by atoms with van der Waals surface area (Å²) in [6.07, 6.45) is 6.17. The van der Waals surface area contributed by atoms with Gasteiger partial charge in [0.05, 0.1) is 35.0 Å². The van der Waals surface area contributed by atoms with Gasteiger partial charge in [-0.3, -0.25) is 29.7 Å². The first kappa shape index (κ1) is 42.6. The van der Waals surface area contributed by atoms with Crippen molar-refractivity contribution in [1.82, 2.24) is 45.6 Å². The highest BCUT2D eigenvalue weighted by Crippen LogP contribution is 2.33. The Hall–Kier alpha value is -6.68. The van der Waals surface area contributed by atoms with Crippen LogP contribution in [-0.2, 0) is 10.2 Å². The van der Waals surface area contributed by atoms with Crippen LogP contribution in [0.15, 0.2) is 71.6 Å². The number of amides is 4. The average molecular weight is 865 g/mol. The van der Waals surface area contributed by atoms with Crippen molar-refractivity contribution in [3.05, 3.63) is 95.5 Å². The van der Waals surface area contributed by atoms with E-state index in [0.29, 0.717) is 24.7 Å². The van der Waals surface area contributed by atoms with Crippen LogP contribution in [0.5, 0.6) is 0 Å². The third-order valence-corrected chi connectivity index (χ3v) is 12.9. The number of aryl methyl sites for hydroxylation is 2. The standard InChI is InChI=1S/C48H56N12O4/c1-29-23-33(7-10-36(29)31(3)52-44(62)45-55-46(56-64-45)48(4,5)6)42-37-25-39(53-43(37)51-28-50-42)38-11-8-35(26-49-38)59-21-19-57(20-22-59)27-32-13-16-58(17-14-32)34-9-12-40(30(2)24-34)60-18-15-41(61)54-47(60)63/h7-12,23-26,28,31-32H,13-22,27H2,1-6H3,(H,52,62)(H,50,51,53)(H,54,61,63)/t31-/m1/s1. The molecule has 3 fully saturated rings. The van der Waals surface area contributed by atoms with E-state index in [1.165, 1.54) is 5.69 Å². The molecule has 3 saturated heterocycles. The number of piperazine rings is 1. The lowest BCUT2D eigenvalue weighted by molar-refractivity contribution is -0.120. The number of nitrogens with zero attached hydrogens (tertiary/aromatic N) is 9. The molecule has 1 atom stereocenters. The lowest BCUT2D eigenvalue weighted by Gasteiger charge is -2.40. The van der Waals surface area contributed by atoms with Gasteiger partial charge in [0.1, 0.15) is 12.0 Å². The Morgan fingerprint density at radius 3 is 2.33 bits per heavy atom. The van der Waals surface area contributed by atoms with E-state index >= 15 is 0 Å². The number of fused-ring (bicyclic) bond motifs is 1. The van der Waals surface area contributed by atoms with Gasteiger partial charge in [0.25, 0.3) is 0 Å². The van der Waals surface area contributed by atoms with E-state index in [4.69, 9.17) is 9.51 Å². The highest BCUT2D eigenvalue weighted by atomic mass is 16.5. The normalized spacial score (nSPS) is 17.2. The van der Waals surface area contributed by atoms with Crippen molar-refractivity contribution in [2.75, 3.05) is 67.1 Å². The minimum atomic E-state index is -0.412. The van der Waals surface area contributed by atoms with Crippen molar-refractivity contribution in [3.8, 4) is 22.6 Å². The molecule has 0 aliphatic carbocycles. The van der Waals surface area contributed by atoms with E-state index in [2.05, 4.69) is 86.8 Å². The predicted octanol–water partition coefficient (Wildman–Crippen LogP) is 6.96. The monoisotopic (exact) mass is 864 g/mol. The summed E-state index contributed by atoms with van der Waals surface area (Å²) in [6, 6.07) is 18.1. The molecule has 6 aromatic rings. The second-order valence-corrected chi connectivity index (χ2v) is 18.5. The van der Waals surface area contributed by atoms with E-state index in [0.717, 1.165) is 120 Å². The Morgan fingerprint density at radius 2 is 1.64 bits per heavy atom. The lowest BCUT2D eigenvalue weighted by Crippen LogP contribution is -2.49. The van der Waals surface area contributed by atoms with Gasteiger partial charge in [-0.25, -0.2) is 14.8 Å². The molecule has 4 aromatic heterocycles. The minimum Gasteiger partial charge on any atom is -0.372 e. The molecule has 2 aromatic carbocycles. The highest BCUT2D eigenvalue weighted by molar-refractivity contribution is 6.06. The number of pyridine rings is 1. The summed E-state index contributed by atoms with van der Waals surface area (Å²) in [4.78, 5) is 68.0. The third-order valence-electron chi connectivity index (χ3n) is 12.9. The number of imide groups is 1. The molecule has 0 unspecified atom stereocenters. The van der Waals surface area contributed by atoms with Gasteiger partial charge in [0, 0.05) is 86.5 Å². The summed E-state index contributed by atoms with van der Waals surface area (Å²) in [6.45, 7) is 19.4. The molecule has 332 valence electrons. The van der Waals surface area contributed by atoms with Crippen LogP contribution in [0.25, 0.3) is 33.7 Å².